The van der Waals surface area contributed by atoms with Crippen LogP contribution in [0, 0.1) is 0 Å². The van der Waals surface area contributed by atoms with E-state index < -0.39 is 0 Å². The minimum Gasteiger partial charge on any atom is -0.467 e. The molecule has 1 rings (SSSR count). The molecule has 0 aromatic carbocycles. The molecule has 0 aliphatic heterocycles. The second-order valence-electron chi connectivity index (χ2n) is 3.90. The Kier molecular flexibility index (Phi) is 5.52. The van der Waals surface area contributed by atoms with Crippen LogP contribution < -0.4 is 5.73 Å². The number of rotatable bonds is 7. The molecular formula is C12H21NO3. The molecule has 3 unspecified atom stereocenters. The Balaban J connectivity index is 2.52. The summed E-state index contributed by atoms with van der Waals surface area (Å²) < 4.78 is 16.4. The van der Waals surface area contributed by atoms with Gasteiger partial charge >= 0.3 is 0 Å². The minimum atomic E-state index is -0.217. The van der Waals surface area contributed by atoms with Crippen molar-refractivity contribution >= 4 is 0 Å². The molecule has 0 radical (unpaired) electrons. The third kappa shape index (κ3) is 3.96. The van der Waals surface area contributed by atoms with Crippen molar-refractivity contribution in [1.82, 2.24) is 0 Å². The van der Waals surface area contributed by atoms with Crippen molar-refractivity contribution in [1.29, 1.82) is 0 Å². The van der Waals surface area contributed by atoms with Crippen LogP contribution in [-0.2, 0) is 9.47 Å². The molecule has 0 amide bonds. The topological polar surface area (TPSA) is 57.6 Å². The first-order valence-corrected chi connectivity index (χ1v) is 5.67. The summed E-state index contributed by atoms with van der Waals surface area (Å²) in [4.78, 5) is 0. The van der Waals surface area contributed by atoms with Gasteiger partial charge in [0.05, 0.1) is 19.0 Å². The van der Waals surface area contributed by atoms with Gasteiger partial charge in [0, 0.05) is 12.6 Å². The van der Waals surface area contributed by atoms with Crippen LogP contribution in [-0.4, -0.2) is 25.4 Å². The van der Waals surface area contributed by atoms with Crippen LogP contribution in [0.3, 0.4) is 0 Å². The summed E-state index contributed by atoms with van der Waals surface area (Å²) in [6.07, 6.45) is 1.41. The highest BCUT2D eigenvalue weighted by molar-refractivity contribution is 5.04. The summed E-state index contributed by atoms with van der Waals surface area (Å²) in [5.41, 5.74) is 5.88. The smallest absolute Gasteiger partial charge is 0.134 e. The molecule has 0 fully saturated rings. The van der Waals surface area contributed by atoms with Gasteiger partial charge < -0.3 is 19.6 Å². The quantitative estimate of drug-likeness (QED) is 0.775. The third-order valence-corrected chi connectivity index (χ3v) is 2.24. The second kappa shape index (κ2) is 6.68. The fourth-order valence-corrected chi connectivity index (χ4v) is 1.48. The molecule has 0 saturated carbocycles. The fraction of sp³-hybridized carbons (Fsp3) is 0.667. The third-order valence-electron chi connectivity index (χ3n) is 2.24. The average molecular weight is 227 g/mol. The molecule has 0 spiro atoms. The molecule has 1 aromatic heterocycles. The summed E-state index contributed by atoms with van der Waals surface area (Å²) >= 11 is 0. The maximum atomic E-state index is 5.88. The maximum absolute atomic E-state index is 5.88. The molecule has 1 aromatic rings. The monoisotopic (exact) mass is 227 g/mol. The van der Waals surface area contributed by atoms with Gasteiger partial charge in [0.15, 0.2) is 0 Å². The van der Waals surface area contributed by atoms with Crippen molar-refractivity contribution in [3.05, 3.63) is 24.2 Å². The van der Waals surface area contributed by atoms with Gasteiger partial charge in [0.25, 0.3) is 0 Å². The van der Waals surface area contributed by atoms with E-state index in [2.05, 4.69) is 0 Å². The molecule has 0 aliphatic carbocycles. The maximum Gasteiger partial charge on any atom is 0.134 e. The molecule has 16 heavy (non-hydrogen) atoms. The van der Waals surface area contributed by atoms with E-state index in [9.17, 15) is 0 Å². The Morgan fingerprint density at radius 3 is 2.69 bits per heavy atom. The Labute approximate surface area is 96.7 Å². The van der Waals surface area contributed by atoms with E-state index >= 15 is 0 Å². The zero-order valence-electron chi connectivity index (χ0n) is 10.2. The van der Waals surface area contributed by atoms with Gasteiger partial charge in [-0.2, -0.15) is 0 Å². The van der Waals surface area contributed by atoms with Crippen LogP contribution in [0.25, 0.3) is 0 Å². The van der Waals surface area contributed by atoms with Crippen LogP contribution in [0.4, 0.5) is 0 Å². The zero-order chi connectivity index (χ0) is 12.0. The van der Waals surface area contributed by atoms with Crippen molar-refractivity contribution in [3.8, 4) is 0 Å². The molecule has 1 heterocycles. The molecular weight excluding hydrogens is 206 g/mol. The summed E-state index contributed by atoms with van der Waals surface area (Å²) in [5.74, 6) is 0.762. The van der Waals surface area contributed by atoms with Gasteiger partial charge in [0.2, 0.25) is 0 Å². The van der Waals surface area contributed by atoms with Crippen molar-refractivity contribution < 1.29 is 13.9 Å². The number of nitrogens with two attached hydrogens (primary N) is 1. The van der Waals surface area contributed by atoms with Gasteiger partial charge in [-0.3, -0.25) is 0 Å². The van der Waals surface area contributed by atoms with Crippen molar-refractivity contribution in [3.63, 3.8) is 0 Å². The van der Waals surface area contributed by atoms with Crippen LogP contribution in [0.1, 0.15) is 32.6 Å². The van der Waals surface area contributed by atoms with Crippen LogP contribution in [0.2, 0.25) is 0 Å². The molecule has 0 bridgehead atoms. The first-order chi connectivity index (χ1) is 7.65. The van der Waals surface area contributed by atoms with Crippen LogP contribution in [0.15, 0.2) is 22.8 Å². The van der Waals surface area contributed by atoms with Crippen molar-refractivity contribution in [2.75, 3.05) is 13.2 Å². The normalized spacial score (nSPS) is 17.0. The van der Waals surface area contributed by atoms with Crippen molar-refractivity contribution in [2.24, 2.45) is 5.73 Å². The predicted molar refractivity (Wildman–Crippen MR) is 62.1 cm³/mol. The predicted octanol–water partition coefficient (Wildman–Crippen LogP) is 2.11. The summed E-state index contributed by atoms with van der Waals surface area (Å²) in [6, 6.07) is 3.60. The summed E-state index contributed by atoms with van der Waals surface area (Å²) in [5, 5.41) is 0. The van der Waals surface area contributed by atoms with Gasteiger partial charge in [0.1, 0.15) is 11.9 Å². The van der Waals surface area contributed by atoms with Crippen LogP contribution in [0.5, 0.6) is 0 Å². The number of furan rings is 1. The molecule has 4 nitrogen and oxygen atoms in total. The lowest BCUT2D eigenvalue weighted by atomic mass is 10.1. The number of hydrogen-bond donors (Lipinski definition) is 1. The Bertz CT molecular complexity index is 272. The SMILES string of the molecule is CCOCC(C)OC(c1ccco1)C(C)N. The Morgan fingerprint density at radius 1 is 1.44 bits per heavy atom. The van der Waals surface area contributed by atoms with E-state index in [1.165, 1.54) is 0 Å². The molecule has 92 valence electrons. The molecule has 2 N–H and O–H groups in total. The fourth-order valence-electron chi connectivity index (χ4n) is 1.48. The lowest BCUT2D eigenvalue weighted by molar-refractivity contribution is -0.0625. The highest BCUT2D eigenvalue weighted by atomic mass is 16.5. The Morgan fingerprint density at radius 2 is 2.19 bits per heavy atom. The van der Waals surface area contributed by atoms with E-state index in [1.807, 2.05) is 32.9 Å². The first-order valence-electron chi connectivity index (χ1n) is 5.67. The first kappa shape index (κ1) is 13.2. The van der Waals surface area contributed by atoms with E-state index in [-0.39, 0.29) is 18.2 Å². The zero-order valence-corrected chi connectivity index (χ0v) is 10.2. The number of ether oxygens (including phenoxy) is 2. The van der Waals surface area contributed by atoms with E-state index in [1.54, 1.807) is 6.26 Å². The lowest BCUT2D eigenvalue weighted by Crippen LogP contribution is -2.30. The van der Waals surface area contributed by atoms with E-state index in [0.29, 0.717) is 13.2 Å². The van der Waals surface area contributed by atoms with E-state index in [4.69, 9.17) is 19.6 Å². The number of hydrogen-bond acceptors (Lipinski definition) is 4. The molecule has 3 atom stereocenters. The highest BCUT2D eigenvalue weighted by Gasteiger charge is 2.22. The van der Waals surface area contributed by atoms with Gasteiger partial charge in [-0.05, 0) is 32.9 Å². The van der Waals surface area contributed by atoms with Crippen molar-refractivity contribution in [2.45, 2.75) is 39.0 Å². The summed E-state index contributed by atoms with van der Waals surface area (Å²) in [7, 11) is 0. The van der Waals surface area contributed by atoms with E-state index in [0.717, 1.165) is 5.76 Å². The minimum absolute atomic E-state index is 0.000972. The second-order valence-corrected chi connectivity index (χ2v) is 3.90. The van der Waals surface area contributed by atoms with Gasteiger partial charge in [-0.15, -0.1) is 0 Å². The standard InChI is InChI=1S/C12H21NO3/c1-4-14-8-9(2)16-12(10(3)13)11-6-5-7-15-11/h5-7,9-10,12H,4,8,13H2,1-3H3. The molecule has 0 aliphatic rings. The van der Waals surface area contributed by atoms with Crippen LogP contribution >= 0.6 is 0 Å². The molecule has 4 heteroatoms. The highest BCUT2D eigenvalue weighted by Crippen LogP contribution is 2.22. The average Bonchev–Trinajstić information content (AvgIpc) is 2.75. The molecule has 0 saturated heterocycles. The van der Waals surface area contributed by atoms with Gasteiger partial charge in [-0.1, -0.05) is 0 Å². The van der Waals surface area contributed by atoms with Gasteiger partial charge in [-0.25, -0.2) is 0 Å². The largest absolute Gasteiger partial charge is 0.467 e. The Hall–Kier alpha value is -0.840. The lowest BCUT2D eigenvalue weighted by Gasteiger charge is -2.23. The summed E-state index contributed by atoms with van der Waals surface area (Å²) in [6.45, 7) is 7.09.